The van der Waals surface area contributed by atoms with Crippen molar-refractivity contribution in [2.24, 2.45) is 0 Å². The van der Waals surface area contributed by atoms with Gasteiger partial charge in [-0.2, -0.15) is 0 Å². The van der Waals surface area contributed by atoms with E-state index < -0.39 is 18.0 Å². The summed E-state index contributed by atoms with van der Waals surface area (Å²) in [7, 11) is 1.41. The fourth-order valence-corrected chi connectivity index (χ4v) is 1.00. The molecule has 0 aliphatic heterocycles. The molecule has 0 aliphatic rings. The van der Waals surface area contributed by atoms with Gasteiger partial charge in [-0.05, 0) is 12.1 Å². The Balaban J connectivity index is 2.85. The smallest absolute Gasteiger partial charge is 0.177 e. The maximum atomic E-state index is 10.4. The van der Waals surface area contributed by atoms with Gasteiger partial charge >= 0.3 is 0 Å². The zero-order valence-corrected chi connectivity index (χ0v) is 8.34. The highest BCUT2D eigenvalue weighted by atomic mass is 16.5. The first-order valence-electron chi connectivity index (χ1n) is 4.27. The molecule has 1 aromatic carbocycles. The maximum absolute atomic E-state index is 10.4. The summed E-state index contributed by atoms with van der Waals surface area (Å²) in [6.07, 6.45) is -2.15. The van der Waals surface area contributed by atoms with Crippen molar-refractivity contribution in [2.75, 3.05) is 7.11 Å². The number of carbonyl (C=O) groups excluding carboxylic acids is 2. The topological polar surface area (TPSA) is 98.7 Å². The van der Waals surface area contributed by atoms with E-state index in [-0.39, 0.29) is 5.75 Å². The normalized spacial score (nSPS) is 9.88. The maximum Gasteiger partial charge on any atom is 0.177 e. The molecular formula is C10H8O6-2. The van der Waals surface area contributed by atoms with Crippen LogP contribution in [0.25, 0.3) is 0 Å². The van der Waals surface area contributed by atoms with Crippen molar-refractivity contribution in [3.63, 3.8) is 0 Å². The number of rotatable bonds is 5. The Morgan fingerprint density at radius 2 is 1.75 bits per heavy atom. The first-order valence-corrected chi connectivity index (χ1v) is 4.27. The van der Waals surface area contributed by atoms with Gasteiger partial charge in [0, 0.05) is 6.07 Å². The van der Waals surface area contributed by atoms with E-state index in [1.54, 1.807) is 6.07 Å². The number of benzene rings is 1. The van der Waals surface area contributed by atoms with Gasteiger partial charge in [0.15, 0.2) is 6.10 Å². The van der Waals surface area contributed by atoms with Gasteiger partial charge in [0.25, 0.3) is 0 Å². The van der Waals surface area contributed by atoms with E-state index in [9.17, 15) is 19.8 Å². The minimum atomic E-state index is -2.15. The predicted molar refractivity (Wildman–Crippen MR) is 47.4 cm³/mol. The molecule has 0 atom stereocenters. The van der Waals surface area contributed by atoms with Crippen molar-refractivity contribution in [1.29, 1.82) is 0 Å². The lowest BCUT2D eigenvalue weighted by molar-refractivity contribution is -0.334. The first kappa shape index (κ1) is 11.8. The second-order valence-corrected chi connectivity index (χ2v) is 2.81. The van der Waals surface area contributed by atoms with Crippen LogP contribution in [0.4, 0.5) is 0 Å². The summed E-state index contributed by atoms with van der Waals surface area (Å²) in [4.78, 5) is 20.8. The quantitative estimate of drug-likeness (QED) is 0.533. The second kappa shape index (κ2) is 5.01. The first-order chi connectivity index (χ1) is 7.54. The van der Waals surface area contributed by atoms with Crippen LogP contribution in [-0.2, 0) is 9.59 Å². The molecule has 0 N–H and O–H groups in total. The molecule has 1 rings (SSSR count). The van der Waals surface area contributed by atoms with Gasteiger partial charge in [-0.3, -0.25) is 0 Å². The van der Waals surface area contributed by atoms with E-state index >= 15 is 0 Å². The van der Waals surface area contributed by atoms with E-state index in [1.807, 2.05) is 0 Å². The summed E-state index contributed by atoms with van der Waals surface area (Å²) in [6, 6.07) is 5.86. The molecule has 0 amide bonds. The number of methoxy groups -OCH3 is 1. The van der Waals surface area contributed by atoms with Crippen molar-refractivity contribution < 1.29 is 29.3 Å². The summed E-state index contributed by atoms with van der Waals surface area (Å²) >= 11 is 0. The monoisotopic (exact) mass is 224 g/mol. The molecule has 0 fully saturated rings. The number of carbonyl (C=O) groups is 2. The van der Waals surface area contributed by atoms with E-state index in [4.69, 9.17) is 4.74 Å². The van der Waals surface area contributed by atoms with Gasteiger partial charge < -0.3 is 29.3 Å². The molecule has 0 bridgehead atoms. The van der Waals surface area contributed by atoms with Gasteiger partial charge in [-0.15, -0.1) is 0 Å². The van der Waals surface area contributed by atoms with E-state index in [1.165, 1.54) is 25.3 Å². The summed E-state index contributed by atoms with van der Waals surface area (Å²) in [5.74, 6) is -3.30. The zero-order chi connectivity index (χ0) is 12.1. The Bertz CT molecular complexity index is 386. The van der Waals surface area contributed by atoms with Crippen molar-refractivity contribution >= 4 is 11.9 Å². The van der Waals surface area contributed by atoms with Gasteiger partial charge in [-0.25, -0.2) is 0 Å². The molecule has 0 saturated carbocycles. The van der Waals surface area contributed by atoms with Crippen LogP contribution in [0.15, 0.2) is 24.3 Å². The molecule has 0 unspecified atom stereocenters. The molecule has 86 valence electrons. The lowest BCUT2D eigenvalue weighted by Gasteiger charge is -2.20. The van der Waals surface area contributed by atoms with Crippen LogP contribution in [0.3, 0.4) is 0 Å². The minimum Gasteiger partial charge on any atom is -0.546 e. The second-order valence-electron chi connectivity index (χ2n) is 2.81. The van der Waals surface area contributed by atoms with Crippen molar-refractivity contribution in [1.82, 2.24) is 0 Å². The van der Waals surface area contributed by atoms with Crippen LogP contribution in [0, 0.1) is 0 Å². The minimum absolute atomic E-state index is 0.0396. The third-order valence-electron chi connectivity index (χ3n) is 1.72. The molecule has 0 heterocycles. The number of ether oxygens (including phenoxy) is 2. The summed E-state index contributed by atoms with van der Waals surface area (Å²) in [5, 5.41) is 20.8. The molecule has 1 aromatic rings. The van der Waals surface area contributed by atoms with Crippen molar-refractivity contribution in [2.45, 2.75) is 6.10 Å². The highest BCUT2D eigenvalue weighted by molar-refractivity contribution is 5.94. The molecule has 16 heavy (non-hydrogen) atoms. The Morgan fingerprint density at radius 1 is 1.19 bits per heavy atom. The summed E-state index contributed by atoms with van der Waals surface area (Å²) in [6.45, 7) is 0. The van der Waals surface area contributed by atoms with E-state index in [2.05, 4.69) is 4.74 Å². The van der Waals surface area contributed by atoms with E-state index in [0.717, 1.165) is 0 Å². The Labute approximate surface area is 91.0 Å². The van der Waals surface area contributed by atoms with Crippen LogP contribution < -0.4 is 19.7 Å². The highest BCUT2D eigenvalue weighted by Gasteiger charge is 2.13. The molecule has 0 spiro atoms. The number of aliphatic carboxylic acids is 2. The van der Waals surface area contributed by atoms with Crippen molar-refractivity contribution in [3.8, 4) is 11.5 Å². The van der Waals surface area contributed by atoms with Crippen molar-refractivity contribution in [3.05, 3.63) is 24.3 Å². The fraction of sp³-hybridized carbons (Fsp3) is 0.200. The van der Waals surface area contributed by atoms with Crippen LogP contribution >= 0.6 is 0 Å². The Kier molecular flexibility index (Phi) is 3.71. The Hall–Kier alpha value is -2.24. The number of carboxylic acid groups (broad SMARTS) is 2. The average Bonchev–Trinajstić information content (AvgIpc) is 2.25. The van der Waals surface area contributed by atoms with Crippen LogP contribution in [0.5, 0.6) is 11.5 Å². The molecular weight excluding hydrogens is 216 g/mol. The largest absolute Gasteiger partial charge is 0.546 e. The van der Waals surface area contributed by atoms with Gasteiger partial charge in [0.05, 0.1) is 19.0 Å². The van der Waals surface area contributed by atoms with Gasteiger partial charge in [-0.1, -0.05) is 6.07 Å². The van der Waals surface area contributed by atoms with Crippen LogP contribution in [0.2, 0.25) is 0 Å². The Morgan fingerprint density at radius 3 is 2.25 bits per heavy atom. The number of carboxylic acids is 2. The highest BCUT2D eigenvalue weighted by Crippen LogP contribution is 2.19. The molecule has 6 nitrogen and oxygen atoms in total. The molecule has 0 aromatic heterocycles. The number of hydrogen-bond acceptors (Lipinski definition) is 6. The standard InChI is InChI=1S/C10H10O6/c1-15-6-3-2-4-7(5-6)16-8(9(11)12)10(13)14/h2-5,8H,1H3,(H,11,12)(H,13,14)/p-2. The third-order valence-corrected chi connectivity index (χ3v) is 1.72. The molecule has 0 radical (unpaired) electrons. The van der Waals surface area contributed by atoms with E-state index in [0.29, 0.717) is 5.75 Å². The molecule has 6 heteroatoms. The summed E-state index contributed by atoms with van der Waals surface area (Å²) < 4.78 is 9.53. The van der Waals surface area contributed by atoms with Crippen LogP contribution in [0.1, 0.15) is 0 Å². The summed E-state index contributed by atoms with van der Waals surface area (Å²) in [5.41, 5.74) is 0. The van der Waals surface area contributed by atoms with Gasteiger partial charge in [0.2, 0.25) is 0 Å². The lowest BCUT2D eigenvalue weighted by atomic mass is 10.3. The van der Waals surface area contributed by atoms with Crippen LogP contribution in [-0.4, -0.2) is 25.2 Å². The zero-order valence-electron chi connectivity index (χ0n) is 8.34. The number of hydrogen-bond donors (Lipinski definition) is 0. The SMILES string of the molecule is COc1cccc(OC(C(=O)[O-])C(=O)[O-])c1. The molecule has 0 saturated heterocycles. The average molecular weight is 224 g/mol. The fourth-order valence-electron chi connectivity index (χ4n) is 1.00. The third kappa shape index (κ3) is 2.88. The van der Waals surface area contributed by atoms with Gasteiger partial charge in [0.1, 0.15) is 11.5 Å². The lowest BCUT2D eigenvalue weighted by Crippen LogP contribution is -2.51. The predicted octanol–water partition coefficient (Wildman–Crippen LogP) is -2.06. The molecule has 0 aliphatic carbocycles.